The first-order valence-electron chi connectivity index (χ1n) is 4.25. The minimum absolute atomic E-state index is 0.0174. The quantitative estimate of drug-likeness (QED) is 0.534. The van der Waals surface area contributed by atoms with Crippen molar-refractivity contribution in [1.29, 1.82) is 0 Å². The molecule has 0 spiro atoms. The Bertz CT molecular complexity index is 316. The van der Waals surface area contributed by atoms with Crippen LogP contribution in [0.2, 0.25) is 0 Å². The molecular formula is C12H13N. The van der Waals surface area contributed by atoms with Crippen LogP contribution in [0.4, 0.5) is 0 Å². The highest BCUT2D eigenvalue weighted by molar-refractivity contribution is 5.33. The van der Waals surface area contributed by atoms with Crippen LogP contribution in [0.5, 0.6) is 0 Å². The molecular weight excluding hydrogens is 158 g/mol. The Morgan fingerprint density at radius 1 is 1.38 bits per heavy atom. The molecule has 1 aromatic carbocycles. The lowest BCUT2D eigenvalue weighted by atomic mass is 10.2. The lowest BCUT2D eigenvalue weighted by Gasteiger charge is -1.96. The van der Waals surface area contributed by atoms with E-state index in [-0.39, 0.29) is 6.04 Å². The molecule has 0 radical (unpaired) electrons. The first kappa shape index (κ1) is 9.57. The van der Waals surface area contributed by atoms with Gasteiger partial charge in [0.1, 0.15) is 0 Å². The molecule has 0 saturated carbocycles. The number of hydrogen-bond donors (Lipinski definition) is 1. The van der Waals surface area contributed by atoms with Crippen molar-refractivity contribution in [1.82, 2.24) is 0 Å². The molecule has 0 aliphatic rings. The highest BCUT2D eigenvalue weighted by atomic mass is 14.6. The Kier molecular flexibility index (Phi) is 3.81. The van der Waals surface area contributed by atoms with Crippen LogP contribution in [-0.4, -0.2) is 6.04 Å². The van der Waals surface area contributed by atoms with E-state index in [1.165, 1.54) is 0 Å². The van der Waals surface area contributed by atoms with Crippen LogP contribution in [0, 0.1) is 11.8 Å². The van der Waals surface area contributed by atoms with Gasteiger partial charge in [0.15, 0.2) is 0 Å². The summed E-state index contributed by atoms with van der Waals surface area (Å²) in [5.41, 5.74) is 6.64. The largest absolute Gasteiger partial charge is 0.324 e. The van der Waals surface area contributed by atoms with Crippen molar-refractivity contribution in [3.63, 3.8) is 0 Å². The topological polar surface area (TPSA) is 26.0 Å². The predicted molar refractivity (Wildman–Crippen MR) is 56.1 cm³/mol. The molecule has 2 N–H and O–H groups in total. The molecule has 1 nitrogen and oxygen atoms in total. The maximum atomic E-state index is 5.62. The van der Waals surface area contributed by atoms with E-state index in [0.717, 1.165) is 5.56 Å². The Morgan fingerprint density at radius 3 is 2.69 bits per heavy atom. The van der Waals surface area contributed by atoms with E-state index in [1.54, 1.807) is 6.08 Å². The fraction of sp³-hybridized carbons (Fsp3) is 0.167. The standard InChI is InChI=1S/C12H13N/c1-2-12(13)10-6-9-11-7-4-3-5-8-11/h2-5,7-8,12H,1,10,13H2. The molecule has 0 heterocycles. The van der Waals surface area contributed by atoms with E-state index >= 15 is 0 Å². The van der Waals surface area contributed by atoms with Crippen molar-refractivity contribution >= 4 is 0 Å². The van der Waals surface area contributed by atoms with Gasteiger partial charge in [0.25, 0.3) is 0 Å². The second-order valence-electron chi connectivity index (χ2n) is 2.77. The van der Waals surface area contributed by atoms with Crippen molar-refractivity contribution < 1.29 is 0 Å². The average Bonchev–Trinajstić information content (AvgIpc) is 2.19. The number of benzene rings is 1. The lowest BCUT2D eigenvalue weighted by molar-refractivity contribution is 0.853. The smallest absolute Gasteiger partial charge is 0.0332 e. The van der Waals surface area contributed by atoms with Gasteiger partial charge in [-0.25, -0.2) is 0 Å². The van der Waals surface area contributed by atoms with Gasteiger partial charge in [0, 0.05) is 18.0 Å². The van der Waals surface area contributed by atoms with Gasteiger partial charge < -0.3 is 5.73 Å². The van der Waals surface area contributed by atoms with Crippen molar-refractivity contribution in [3.05, 3.63) is 48.6 Å². The zero-order valence-corrected chi connectivity index (χ0v) is 7.53. The third kappa shape index (κ3) is 3.59. The van der Waals surface area contributed by atoms with Gasteiger partial charge in [0.05, 0.1) is 0 Å². The lowest BCUT2D eigenvalue weighted by Crippen LogP contribution is -2.14. The maximum Gasteiger partial charge on any atom is 0.0332 e. The number of hydrogen-bond acceptors (Lipinski definition) is 1. The van der Waals surface area contributed by atoms with Crippen molar-refractivity contribution in [3.8, 4) is 11.8 Å². The van der Waals surface area contributed by atoms with Crippen LogP contribution in [0.1, 0.15) is 12.0 Å². The van der Waals surface area contributed by atoms with E-state index in [2.05, 4.69) is 18.4 Å². The minimum Gasteiger partial charge on any atom is -0.324 e. The third-order valence-corrected chi connectivity index (χ3v) is 1.65. The molecule has 66 valence electrons. The van der Waals surface area contributed by atoms with Gasteiger partial charge >= 0.3 is 0 Å². The molecule has 0 aliphatic carbocycles. The first-order valence-corrected chi connectivity index (χ1v) is 4.25. The molecule has 0 fully saturated rings. The minimum atomic E-state index is -0.0174. The van der Waals surface area contributed by atoms with Crippen LogP contribution < -0.4 is 5.73 Å². The molecule has 0 saturated heterocycles. The summed E-state index contributed by atoms with van der Waals surface area (Å²) < 4.78 is 0. The molecule has 1 atom stereocenters. The summed E-state index contributed by atoms with van der Waals surface area (Å²) >= 11 is 0. The summed E-state index contributed by atoms with van der Waals surface area (Å²) in [6.07, 6.45) is 2.37. The van der Waals surface area contributed by atoms with Gasteiger partial charge in [-0.05, 0) is 12.1 Å². The Labute approximate surface area is 79.3 Å². The summed E-state index contributed by atoms with van der Waals surface area (Å²) in [6.45, 7) is 3.59. The van der Waals surface area contributed by atoms with Crippen LogP contribution in [-0.2, 0) is 0 Å². The molecule has 1 unspecified atom stereocenters. The molecule has 0 amide bonds. The Balaban J connectivity index is 2.53. The van der Waals surface area contributed by atoms with Crippen molar-refractivity contribution in [2.45, 2.75) is 12.5 Å². The molecule has 1 heteroatoms. The van der Waals surface area contributed by atoms with Crippen LogP contribution in [0.15, 0.2) is 43.0 Å². The van der Waals surface area contributed by atoms with Gasteiger partial charge in [-0.15, -0.1) is 6.58 Å². The van der Waals surface area contributed by atoms with Gasteiger partial charge in [-0.1, -0.05) is 36.1 Å². The molecule has 0 bridgehead atoms. The predicted octanol–water partition coefficient (Wildman–Crippen LogP) is 1.94. The SMILES string of the molecule is C=CC(N)CC#Cc1ccccc1. The van der Waals surface area contributed by atoms with Crippen LogP contribution in [0.3, 0.4) is 0 Å². The number of rotatable bonds is 2. The van der Waals surface area contributed by atoms with Crippen molar-refractivity contribution in [2.24, 2.45) is 5.73 Å². The average molecular weight is 171 g/mol. The molecule has 1 aromatic rings. The molecule has 13 heavy (non-hydrogen) atoms. The van der Waals surface area contributed by atoms with Gasteiger partial charge in [0.2, 0.25) is 0 Å². The summed E-state index contributed by atoms with van der Waals surface area (Å²) in [5.74, 6) is 6.04. The summed E-state index contributed by atoms with van der Waals surface area (Å²) in [4.78, 5) is 0. The van der Waals surface area contributed by atoms with E-state index in [1.807, 2.05) is 30.3 Å². The molecule has 1 rings (SSSR count). The van der Waals surface area contributed by atoms with Crippen molar-refractivity contribution in [2.75, 3.05) is 0 Å². The van der Waals surface area contributed by atoms with E-state index in [9.17, 15) is 0 Å². The molecule has 0 aliphatic heterocycles. The van der Waals surface area contributed by atoms with E-state index in [0.29, 0.717) is 6.42 Å². The Morgan fingerprint density at radius 2 is 2.08 bits per heavy atom. The first-order chi connectivity index (χ1) is 6.33. The van der Waals surface area contributed by atoms with Gasteiger partial charge in [-0.2, -0.15) is 0 Å². The fourth-order valence-corrected chi connectivity index (χ4v) is 0.876. The second-order valence-corrected chi connectivity index (χ2v) is 2.77. The van der Waals surface area contributed by atoms with Crippen LogP contribution in [0.25, 0.3) is 0 Å². The summed E-state index contributed by atoms with van der Waals surface area (Å²) in [7, 11) is 0. The zero-order valence-electron chi connectivity index (χ0n) is 7.53. The highest BCUT2D eigenvalue weighted by Crippen LogP contribution is 1.95. The Hall–Kier alpha value is -1.52. The summed E-state index contributed by atoms with van der Waals surface area (Å²) in [5, 5.41) is 0. The number of nitrogens with two attached hydrogens (primary N) is 1. The molecule has 0 aromatic heterocycles. The fourth-order valence-electron chi connectivity index (χ4n) is 0.876. The van der Waals surface area contributed by atoms with E-state index in [4.69, 9.17) is 5.73 Å². The zero-order chi connectivity index (χ0) is 9.52. The van der Waals surface area contributed by atoms with Gasteiger partial charge in [-0.3, -0.25) is 0 Å². The second kappa shape index (κ2) is 5.18. The normalized spacial score (nSPS) is 11.2. The van der Waals surface area contributed by atoms with Crippen LogP contribution >= 0.6 is 0 Å². The summed E-state index contributed by atoms with van der Waals surface area (Å²) in [6, 6.07) is 9.85. The monoisotopic (exact) mass is 171 g/mol. The highest BCUT2D eigenvalue weighted by Gasteiger charge is 1.89. The van der Waals surface area contributed by atoms with E-state index < -0.39 is 0 Å². The maximum absolute atomic E-state index is 5.62. The third-order valence-electron chi connectivity index (χ3n) is 1.65.